The van der Waals surface area contributed by atoms with E-state index in [1.54, 1.807) is 12.3 Å². The molecule has 0 bridgehead atoms. The summed E-state index contributed by atoms with van der Waals surface area (Å²) in [5.41, 5.74) is 2.82. The number of nitrogens with one attached hydrogen (secondary N) is 1. The van der Waals surface area contributed by atoms with Gasteiger partial charge in [0.15, 0.2) is 5.13 Å². The molecule has 1 aromatic carbocycles. The Labute approximate surface area is 144 Å². The molecule has 2 heterocycles. The number of aromatic nitrogens is 1. The molecule has 2 aromatic rings. The molecular weight excluding hydrogens is 326 g/mol. The average molecular weight is 345 g/mol. The Hall–Kier alpha value is -2.41. The molecule has 1 aromatic heterocycles. The van der Waals surface area contributed by atoms with E-state index < -0.39 is 6.09 Å². The number of fused-ring (bicyclic) bond motifs is 1. The highest BCUT2D eigenvalue weighted by Crippen LogP contribution is 2.32. The van der Waals surface area contributed by atoms with E-state index in [0.29, 0.717) is 17.4 Å². The summed E-state index contributed by atoms with van der Waals surface area (Å²) in [5, 5.41) is 4.77. The molecule has 2 amide bonds. The zero-order valence-corrected chi connectivity index (χ0v) is 14.4. The maximum absolute atomic E-state index is 12.7. The van der Waals surface area contributed by atoms with Crippen LogP contribution in [-0.4, -0.2) is 29.6 Å². The van der Waals surface area contributed by atoms with Crippen LogP contribution in [0.1, 0.15) is 25.1 Å². The maximum atomic E-state index is 12.7. The summed E-state index contributed by atoms with van der Waals surface area (Å²) in [6, 6.07) is 8.12. The van der Waals surface area contributed by atoms with Crippen molar-refractivity contribution < 1.29 is 14.3 Å². The topological polar surface area (TPSA) is 71.5 Å². The number of benzene rings is 1. The fourth-order valence-corrected chi connectivity index (χ4v) is 3.58. The van der Waals surface area contributed by atoms with Crippen molar-refractivity contribution in [2.75, 3.05) is 16.8 Å². The van der Waals surface area contributed by atoms with Crippen LogP contribution in [0.5, 0.6) is 0 Å². The summed E-state index contributed by atoms with van der Waals surface area (Å²) < 4.78 is 4.81. The van der Waals surface area contributed by atoms with Crippen molar-refractivity contribution in [2.45, 2.75) is 32.7 Å². The summed E-state index contributed by atoms with van der Waals surface area (Å²) >= 11 is 1.28. The van der Waals surface area contributed by atoms with Gasteiger partial charge in [-0.15, -0.1) is 11.3 Å². The summed E-state index contributed by atoms with van der Waals surface area (Å²) in [6.07, 6.45) is 0.542. The first kappa shape index (κ1) is 16.4. The lowest BCUT2D eigenvalue weighted by molar-refractivity contribution is -0.118. The van der Waals surface area contributed by atoms with E-state index in [1.165, 1.54) is 16.9 Å². The molecule has 1 N–H and O–H groups in total. The predicted molar refractivity (Wildman–Crippen MR) is 93.6 cm³/mol. The van der Waals surface area contributed by atoms with E-state index in [4.69, 9.17) is 4.74 Å². The van der Waals surface area contributed by atoms with Crippen molar-refractivity contribution in [3.05, 3.63) is 40.9 Å². The van der Waals surface area contributed by atoms with Gasteiger partial charge in [0.25, 0.3) is 0 Å². The number of hydrogen-bond donors (Lipinski definition) is 1. The first-order valence-electron chi connectivity index (χ1n) is 7.86. The third kappa shape index (κ3) is 3.41. The van der Waals surface area contributed by atoms with Crippen molar-refractivity contribution in [3.63, 3.8) is 0 Å². The second-order valence-corrected chi connectivity index (χ2v) is 6.47. The second kappa shape index (κ2) is 7.00. The van der Waals surface area contributed by atoms with E-state index >= 15 is 0 Å². The molecule has 7 heteroatoms. The Balaban J connectivity index is 1.67. The third-order valence-corrected chi connectivity index (χ3v) is 4.65. The minimum Gasteiger partial charge on any atom is -0.450 e. The standard InChI is InChI=1S/C17H19N3O3S/c1-3-23-17(22)19-16-18-13(10-24-16)9-15(21)20-11(2)8-12-6-4-5-7-14(12)20/h4-7,10-11H,3,8-9H2,1-2H3,(H,18,19,22). The number of para-hydroxylation sites is 1. The first-order valence-corrected chi connectivity index (χ1v) is 8.74. The van der Waals surface area contributed by atoms with Gasteiger partial charge in [-0.2, -0.15) is 0 Å². The van der Waals surface area contributed by atoms with Gasteiger partial charge in [0.1, 0.15) is 0 Å². The van der Waals surface area contributed by atoms with Crippen LogP contribution in [0, 0.1) is 0 Å². The molecule has 0 fully saturated rings. The summed E-state index contributed by atoms with van der Waals surface area (Å²) in [5.74, 6) is 0.0143. The number of amides is 2. The van der Waals surface area contributed by atoms with Crippen LogP contribution >= 0.6 is 11.3 Å². The van der Waals surface area contributed by atoms with Crippen molar-refractivity contribution in [3.8, 4) is 0 Å². The number of carbonyl (C=O) groups excluding carboxylic acids is 2. The molecule has 1 aliphatic heterocycles. The number of rotatable bonds is 4. The molecule has 3 rings (SSSR count). The van der Waals surface area contributed by atoms with Crippen molar-refractivity contribution in [1.82, 2.24) is 4.98 Å². The molecule has 0 radical (unpaired) electrons. The molecule has 0 aliphatic carbocycles. The minimum atomic E-state index is -0.535. The number of anilines is 2. The Morgan fingerprint density at radius 3 is 3.00 bits per heavy atom. The van der Waals surface area contributed by atoms with Crippen LogP contribution in [-0.2, 0) is 22.4 Å². The molecule has 0 saturated heterocycles. The first-order chi connectivity index (χ1) is 11.6. The van der Waals surface area contributed by atoms with E-state index in [9.17, 15) is 9.59 Å². The SMILES string of the molecule is CCOC(=O)Nc1nc(CC(=O)N2c3ccccc3CC2C)cs1. The summed E-state index contributed by atoms with van der Waals surface area (Å²) in [7, 11) is 0. The molecule has 1 unspecified atom stereocenters. The lowest BCUT2D eigenvalue weighted by Crippen LogP contribution is -2.36. The predicted octanol–water partition coefficient (Wildman–Crippen LogP) is 3.23. The summed E-state index contributed by atoms with van der Waals surface area (Å²) in [6.45, 7) is 4.09. The molecule has 6 nitrogen and oxygen atoms in total. The van der Waals surface area contributed by atoms with Gasteiger partial charge in [-0.25, -0.2) is 9.78 Å². The van der Waals surface area contributed by atoms with E-state index in [-0.39, 0.29) is 18.4 Å². The van der Waals surface area contributed by atoms with Crippen LogP contribution in [0.3, 0.4) is 0 Å². The van der Waals surface area contributed by atoms with Crippen molar-refractivity contribution in [2.24, 2.45) is 0 Å². The van der Waals surface area contributed by atoms with Crippen LogP contribution in [0.15, 0.2) is 29.6 Å². The molecule has 0 saturated carbocycles. The van der Waals surface area contributed by atoms with E-state index in [0.717, 1.165) is 12.1 Å². The molecular formula is C17H19N3O3S. The van der Waals surface area contributed by atoms with E-state index in [1.807, 2.05) is 30.0 Å². The Bertz CT molecular complexity index is 759. The van der Waals surface area contributed by atoms with Crippen molar-refractivity contribution in [1.29, 1.82) is 0 Å². The quantitative estimate of drug-likeness (QED) is 0.923. The molecule has 0 spiro atoms. The van der Waals surface area contributed by atoms with Crippen LogP contribution in [0.4, 0.5) is 15.6 Å². The smallest absolute Gasteiger partial charge is 0.413 e. The highest BCUT2D eigenvalue weighted by Gasteiger charge is 2.30. The highest BCUT2D eigenvalue weighted by atomic mass is 32.1. The van der Waals surface area contributed by atoms with Crippen LogP contribution < -0.4 is 10.2 Å². The largest absolute Gasteiger partial charge is 0.450 e. The zero-order chi connectivity index (χ0) is 17.1. The van der Waals surface area contributed by atoms with Gasteiger partial charge in [0.2, 0.25) is 5.91 Å². The molecule has 24 heavy (non-hydrogen) atoms. The molecule has 126 valence electrons. The Morgan fingerprint density at radius 1 is 1.42 bits per heavy atom. The molecule has 1 aliphatic rings. The van der Waals surface area contributed by atoms with Crippen molar-refractivity contribution >= 4 is 34.2 Å². The summed E-state index contributed by atoms with van der Waals surface area (Å²) in [4.78, 5) is 30.2. The maximum Gasteiger partial charge on any atom is 0.413 e. The molecule has 1 atom stereocenters. The van der Waals surface area contributed by atoms with Gasteiger partial charge in [-0.05, 0) is 31.9 Å². The van der Waals surface area contributed by atoms with Gasteiger partial charge in [-0.1, -0.05) is 18.2 Å². The Kier molecular flexibility index (Phi) is 4.80. The Morgan fingerprint density at radius 2 is 2.21 bits per heavy atom. The fourth-order valence-electron chi connectivity index (χ4n) is 2.89. The second-order valence-electron chi connectivity index (χ2n) is 5.61. The van der Waals surface area contributed by atoms with Crippen LogP contribution in [0.25, 0.3) is 0 Å². The number of ether oxygens (including phenoxy) is 1. The van der Waals surface area contributed by atoms with Gasteiger partial charge < -0.3 is 9.64 Å². The van der Waals surface area contributed by atoms with E-state index in [2.05, 4.69) is 16.4 Å². The van der Waals surface area contributed by atoms with Gasteiger partial charge in [0, 0.05) is 17.1 Å². The van der Waals surface area contributed by atoms with Gasteiger partial charge in [-0.3, -0.25) is 10.1 Å². The lowest BCUT2D eigenvalue weighted by atomic mass is 10.1. The van der Waals surface area contributed by atoms with Crippen LogP contribution in [0.2, 0.25) is 0 Å². The average Bonchev–Trinajstić information content (AvgIpc) is 3.10. The lowest BCUT2D eigenvalue weighted by Gasteiger charge is -2.22. The minimum absolute atomic E-state index is 0.0143. The monoisotopic (exact) mass is 345 g/mol. The fraction of sp³-hybridized carbons (Fsp3) is 0.353. The number of thiazole rings is 1. The highest BCUT2D eigenvalue weighted by molar-refractivity contribution is 7.13. The number of hydrogen-bond acceptors (Lipinski definition) is 5. The third-order valence-electron chi connectivity index (χ3n) is 3.84. The van der Waals surface area contributed by atoms with Gasteiger partial charge in [0.05, 0.1) is 18.7 Å². The number of carbonyl (C=O) groups is 2. The van der Waals surface area contributed by atoms with Gasteiger partial charge >= 0.3 is 6.09 Å². The number of nitrogens with zero attached hydrogens (tertiary/aromatic N) is 2. The normalized spacial score (nSPS) is 15.9. The zero-order valence-electron chi connectivity index (χ0n) is 13.6.